The fraction of sp³-hybridized carbons (Fsp3) is 0.429. The zero-order valence-corrected chi connectivity index (χ0v) is 18.2. The Morgan fingerprint density at radius 1 is 0.900 bits per heavy atom. The lowest BCUT2D eigenvalue weighted by atomic mass is 10.1. The standard InChI is InChI=1S/C21H27F3O5S/c1-13(2)7-5-8-14(3)9-6-10-15(4)11-12-29-20-16(22)17(23)21(30(26,27)28)19(25)18(20)24/h7,9,11,25H,5-6,8,10,12H2,1-4H3,(H,26,27,28)/b14-9+,15-11+. The molecule has 168 valence electrons. The van der Waals surface area contributed by atoms with Gasteiger partial charge in [0.05, 0.1) is 0 Å². The van der Waals surface area contributed by atoms with Gasteiger partial charge in [-0.05, 0) is 59.5 Å². The molecule has 0 amide bonds. The third-order valence-electron chi connectivity index (χ3n) is 4.25. The van der Waals surface area contributed by atoms with Gasteiger partial charge in [-0.25, -0.2) is 4.39 Å². The number of halogens is 3. The van der Waals surface area contributed by atoms with Crippen LogP contribution in [0.5, 0.6) is 11.5 Å². The summed E-state index contributed by atoms with van der Waals surface area (Å²) in [6, 6.07) is 0. The van der Waals surface area contributed by atoms with Crippen LogP contribution in [0.1, 0.15) is 53.4 Å². The highest BCUT2D eigenvalue weighted by Gasteiger charge is 2.32. The first-order chi connectivity index (χ1) is 13.9. The van der Waals surface area contributed by atoms with Gasteiger partial charge in [0.15, 0.2) is 22.2 Å². The maximum Gasteiger partial charge on any atom is 0.301 e. The van der Waals surface area contributed by atoms with Crippen molar-refractivity contribution in [3.05, 3.63) is 52.4 Å². The van der Waals surface area contributed by atoms with Gasteiger partial charge < -0.3 is 9.84 Å². The molecule has 0 aliphatic carbocycles. The van der Waals surface area contributed by atoms with Crippen LogP contribution in [0.4, 0.5) is 13.2 Å². The highest BCUT2D eigenvalue weighted by atomic mass is 32.2. The third kappa shape index (κ3) is 7.53. The smallest absolute Gasteiger partial charge is 0.301 e. The van der Waals surface area contributed by atoms with E-state index in [9.17, 15) is 26.7 Å². The number of rotatable bonds is 10. The van der Waals surface area contributed by atoms with Crippen molar-refractivity contribution in [2.75, 3.05) is 6.61 Å². The Balaban J connectivity index is 2.75. The fourth-order valence-electron chi connectivity index (χ4n) is 2.58. The largest absolute Gasteiger partial charge is 0.504 e. The lowest BCUT2D eigenvalue weighted by molar-refractivity contribution is 0.291. The second-order valence-corrected chi connectivity index (χ2v) is 8.55. The summed E-state index contributed by atoms with van der Waals surface area (Å²) in [5.41, 5.74) is 3.39. The van der Waals surface area contributed by atoms with Crippen LogP contribution >= 0.6 is 0 Å². The molecule has 0 radical (unpaired) electrons. The van der Waals surface area contributed by atoms with Gasteiger partial charge in [-0.1, -0.05) is 28.9 Å². The van der Waals surface area contributed by atoms with E-state index in [-0.39, 0.29) is 6.61 Å². The molecule has 0 atom stereocenters. The molecule has 0 fully saturated rings. The molecule has 2 N–H and O–H groups in total. The van der Waals surface area contributed by atoms with E-state index in [4.69, 9.17) is 9.29 Å². The van der Waals surface area contributed by atoms with Gasteiger partial charge in [-0.3, -0.25) is 4.55 Å². The lowest BCUT2D eigenvalue weighted by Gasteiger charge is -2.11. The number of ether oxygens (including phenoxy) is 1. The fourth-order valence-corrected chi connectivity index (χ4v) is 3.23. The molecule has 0 aliphatic heterocycles. The average Bonchev–Trinajstić information content (AvgIpc) is 2.61. The molecular weight excluding hydrogens is 421 g/mol. The first kappa shape index (κ1) is 25.8. The van der Waals surface area contributed by atoms with E-state index in [1.165, 1.54) is 17.2 Å². The Morgan fingerprint density at radius 2 is 1.43 bits per heavy atom. The predicted octanol–water partition coefficient (Wildman–Crippen LogP) is 5.85. The number of allylic oxidation sites excluding steroid dienone is 5. The monoisotopic (exact) mass is 448 g/mol. The van der Waals surface area contributed by atoms with E-state index in [0.717, 1.165) is 24.8 Å². The molecule has 1 aromatic carbocycles. The van der Waals surface area contributed by atoms with E-state index in [1.54, 1.807) is 6.92 Å². The first-order valence-electron chi connectivity index (χ1n) is 9.30. The molecule has 30 heavy (non-hydrogen) atoms. The minimum atomic E-state index is -5.37. The van der Waals surface area contributed by atoms with Crippen molar-refractivity contribution in [1.82, 2.24) is 0 Å². The van der Waals surface area contributed by atoms with Crippen LogP contribution in [0.3, 0.4) is 0 Å². The maximum atomic E-state index is 14.0. The zero-order valence-electron chi connectivity index (χ0n) is 17.4. The molecule has 0 aromatic heterocycles. The van der Waals surface area contributed by atoms with Crippen LogP contribution in [0, 0.1) is 17.5 Å². The number of benzene rings is 1. The Labute approximate surface area is 175 Å². The van der Waals surface area contributed by atoms with E-state index in [2.05, 4.69) is 12.2 Å². The summed E-state index contributed by atoms with van der Waals surface area (Å²) < 4.78 is 77.4. The van der Waals surface area contributed by atoms with E-state index in [1.807, 2.05) is 20.8 Å². The summed E-state index contributed by atoms with van der Waals surface area (Å²) in [5.74, 6) is -8.92. The number of aromatic hydroxyl groups is 1. The van der Waals surface area contributed by atoms with Crippen LogP contribution in [-0.2, 0) is 10.1 Å². The molecule has 1 rings (SSSR count). The van der Waals surface area contributed by atoms with Crippen LogP contribution in [0.15, 0.2) is 39.8 Å². The Hall–Kier alpha value is -2.26. The predicted molar refractivity (Wildman–Crippen MR) is 109 cm³/mol. The molecule has 5 nitrogen and oxygen atoms in total. The summed E-state index contributed by atoms with van der Waals surface area (Å²) in [4.78, 5) is -1.87. The molecule has 0 saturated heterocycles. The van der Waals surface area contributed by atoms with Gasteiger partial charge in [-0.15, -0.1) is 0 Å². The molecule has 9 heteroatoms. The van der Waals surface area contributed by atoms with Gasteiger partial charge in [0.2, 0.25) is 11.6 Å². The molecule has 0 bridgehead atoms. The summed E-state index contributed by atoms with van der Waals surface area (Å²) in [6.45, 7) is 7.61. The van der Waals surface area contributed by atoms with Crippen molar-refractivity contribution in [2.45, 2.75) is 58.3 Å². The number of hydrogen-bond donors (Lipinski definition) is 2. The average molecular weight is 449 g/mol. The van der Waals surface area contributed by atoms with Crippen LogP contribution < -0.4 is 4.74 Å². The van der Waals surface area contributed by atoms with Crippen molar-refractivity contribution in [3.8, 4) is 11.5 Å². The molecule has 0 unspecified atom stereocenters. The highest BCUT2D eigenvalue weighted by Crippen LogP contribution is 2.37. The third-order valence-corrected chi connectivity index (χ3v) is 5.14. The zero-order chi connectivity index (χ0) is 23.1. The number of hydrogen-bond acceptors (Lipinski definition) is 4. The molecule has 0 saturated carbocycles. The summed E-state index contributed by atoms with van der Waals surface area (Å²) >= 11 is 0. The van der Waals surface area contributed by atoms with Crippen molar-refractivity contribution in [1.29, 1.82) is 0 Å². The van der Waals surface area contributed by atoms with Crippen LogP contribution in [-0.4, -0.2) is 24.7 Å². The van der Waals surface area contributed by atoms with Crippen LogP contribution in [0.2, 0.25) is 0 Å². The highest BCUT2D eigenvalue weighted by molar-refractivity contribution is 7.86. The molecule has 0 spiro atoms. The topological polar surface area (TPSA) is 83.8 Å². The SMILES string of the molecule is CC(C)=CCC/C(C)=C/CC/C(C)=C/COc1c(F)c(O)c(S(=O)(=O)O)c(F)c1F. The van der Waals surface area contributed by atoms with Gasteiger partial charge >= 0.3 is 10.1 Å². The minimum Gasteiger partial charge on any atom is -0.504 e. The van der Waals surface area contributed by atoms with Crippen LogP contribution in [0.25, 0.3) is 0 Å². The Morgan fingerprint density at radius 3 is 1.97 bits per heavy atom. The second-order valence-electron chi connectivity index (χ2n) is 7.19. The maximum absolute atomic E-state index is 14.0. The van der Waals surface area contributed by atoms with Gasteiger partial charge in [0, 0.05) is 0 Å². The second kappa shape index (κ2) is 11.2. The molecule has 0 heterocycles. The normalized spacial score (nSPS) is 12.8. The summed E-state index contributed by atoms with van der Waals surface area (Å²) in [7, 11) is -5.37. The minimum absolute atomic E-state index is 0.326. The summed E-state index contributed by atoms with van der Waals surface area (Å²) in [6.07, 6.45) is 9.20. The van der Waals surface area contributed by atoms with Crippen molar-refractivity contribution < 1.29 is 36.0 Å². The van der Waals surface area contributed by atoms with Gasteiger partial charge in [0.25, 0.3) is 0 Å². The summed E-state index contributed by atoms with van der Waals surface area (Å²) in [5, 5.41) is 9.46. The molecule has 0 aliphatic rings. The van der Waals surface area contributed by atoms with Crippen molar-refractivity contribution >= 4 is 10.1 Å². The number of phenols is 1. The van der Waals surface area contributed by atoms with E-state index < -0.39 is 44.0 Å². The first-order valence-corrected chi connectivity index (χ1v) is 10.7. The Kier molecular flexibility index (Phi) is 9.64. The Bertz CT molecular complexity index is 930. The number of phenolic OH excluding ortho intramolecular Hbond substituents is 1. The quantitative estimate of drug-likeness (QED) is 0.266. The molecular formula is C21H27F3O5S. The van der Waals surface area contributed by atoms with Crippen molar-refractivity contribution in [3.63, 3.8) is 0 Å². The van der Waals surface area contributed by atoms with Gasteiger partial charge in [0.1, 0.15) is 6.61 Å². The molecule has 1 aromatic rings. The van der Waals surface area contributed by atoms with Gasteiger partial charge in [-0.2, -0.15) is 17.2 Å². The van der Waals surface area contributed by atoms with E-state index in [0.29, 0.717) is 6.42 Å². The van der Waals surface area contributed by atoms with E-state index >= 15 is 0 Å². The van der Waals surface area contributed by atoms with Crippen molar-refractivity contribution in [2.24, 2.45) is 0 Å². The lowest BCUT2D eigenvalue weighted by Crippen LogP contribution is -2.09.